The molecule has 3 N–H and O–H groups in total. The molecule has 0 aliphatic carbocycles. The highest BCUT2D eigenvalue weighted by atomic mass is 79.9. The van der Waals surface area contributed by atoms with Crippen LogP contribution in [0.2, 0.25) is 0 Å². The maximum Gasteiger partial charge on any atom is 0.148 e. The van der Waals surface area contributed by atoms with Crippen molar-refractivity contribution in [2.75, 3.05) is 18.2 Å². The second kappa shape index (κ2) is 5.59. The van der Waals surface area contributed by atoms with E-state index in [0.717, 1.165) is 4.47 Å². The maximum atomic E-state index is 9.08. The van der Waals surface area contributed by atoms with Gasteiger partial charge in [0.25, 0.3) is 0 Å². The number of anilines is 3. The van der Waals surface area contributed by atoms with Gasteiger partial charge in [0, 0.05) is 4.47 Å². The van der Waals surface area contributed by atoms with Crippen molar-refractivity contribution in [2.45, 2.75) is 0 Å². The SMILES string of the molecule is COc1ccc(Br)cc1Nc1ncc(N)cc1C#N. The Bertz CT molecular complexity index is 652. The van der Waals surface area contributed by atoms with Gasteiger partial charge in [0.15, 0.2) is 0 Å². The molecule has 0 aliphatic rings. The molecule has 1 aromatic heterocycles. The summed E-state index contributed by atoms with van der Waals surface area (Å²) in [6, 6.07) is 9.15. The van der Waals surface area contributed by atoms with E-state index in [-0.39, 0.29) is 0 Å². The van der Waals surface area contributed by atoms with Crippen molar-refractivity contribution >= 4 is 33.1 Å². The Balaban J connectivity index is 2.41. The molecule has 0 amide bonds. The van der Waals surface area contributed by atoms with Crippen molar-refractivity contribution in [3.8, 4) is 11.8 Å². The smallest absolute Gasteiger partial charge is 0.148 e. The second-order valence-electron chi connectivity index (χ2n) is 3.75. The number of nitrogen functional groups attached to an aromatic ring is 1. The number of nitrogens with zero attached hydrogens (tertiary/aromatic N) is 2. The third-order valence-corrected chi connectivity index (χ3v) is 2.94. The van der Waals surface area contributed by atoms with Crippen molar-refractivity contribution < 1.29 is 4.74 Å². The molecule has 6 heteroatoms. The molecule has 1 heterocycles. The van der Waals surface area contributed by atoms with Gasteiger partial charge in [-0.25, -0.2) is 4.98 Å². The fourth-order valence-electron chi connectivity index (χ4n) is 1.57. The quantitative estimate of drug-likeness (QED) is 0.908. The van der Waals surface area contributed by atoms with Crippen molar-refractivity contribution in [1.82, 2.24) is 4.98 Å². The van der Waals surface area contributed by atoms with Crippen LogP contribution in [0.3, 0.4) is 0 Å². The number of hydrogen-bond donors (Lipinski definition) is 2. The molecular formula is C13H11BrN4O. The fraction of sp³-hybridized carbons (Fsp3) is 0.0769. The van der Waals surface area contributed by atoms with Gasteiger partial charge >= 0.3 is 0 Å². The van der Waals surface area contributed by atoms with Crippen LogP contribution in [0.5, 0.6) is 5.75 Å². The summed E-state index contributed by atoms with van der Waals surface area (Å²) in [7, 11) is 1.58. The molecule has 1 aromatic carbocycles. The monoisotopic (exact) mass is 318 g/mol. The number of nitrogens with one attached hydrogen (secondary N) is 1. The highest BCUT2D eigenvalue weighted by molar-refractivity contribution is 9.10. The minimum atomic E-state index is 0.377. The Hall–Kier alpha value is -2.26. The third kappa shape index (κ3) is 2.95. The highest BCUT2D eigenvalue weighted by Crippen LogP contribution is 2.31. The summed E-state index contributed by atoms with van der Waals surface area (Å²) in [5, 5.41) is 12.1. The van der Waals surface area contributed by atoms with Gasteiger partial charge in [-0.2, -0.15) is 5.26 Å². The number of ether oxygens (including phenoxy) is 1. The number of hydrogen-bond acceptors (Lipinski definition) is 5. The minimum Gasteiger partial charge on any atom is -0.495 e. The zero-order valence-corrected chi connectivity index (χ0v) is 11.7. The van der Waals surface area contributed by atoms with Gasteiger partial charge in [0.2, 0.25) is 0 Å². The summed E-state index contributed by atoms with van der Waals surface area (Å²) in [4.78, 5) is 4.12. The molecule has 0 fully saturated rings. The fourth-order valence-corrected chi connectivity index (χ4v) is 1.93. The van der Waals surface area contributed by atoms with Crippen molar-refractivity contribution in [2.24, 2.45) is 0 Å². The molecule has 0 atom stereocenters. The summed E-state index contributed by atoms with van der Waals surface area (Å²) in [6.07, 6.45) is 1.49. The van der Waals surface area contributed by atoms with E-state index < -0.39 is 0 Å². The number of aromatic nitrogens is 1. The zero-order valence-electron chi connectivity index (χ0n) is 10.1. The number of pyridine rings is 1. The molecule has 2 aromatic rings. The van der Waals surface area contributed by atoms with E-state index in [1.807, 2.05) is 18.2 Å². The van der Waals surface area contributed by atoms with Gasteiger partial charge in [-0.1, -0.05) is 15.9 Å². The first-order valence-electron chi connectivity index (χ1n) is 5.40. The molecule has 2 rings (SSSR count). The second-order valence-corrected chi connectivity index (χ2v) is 4.66. The first-order valence-corrected chi connectivity index (χ1v) is 6.19. The van der Waals surface area contributed by atoms with Crippen LogP contribution in [0.25, 0.3) is 0 Å². The van der Waals surface area contributed by atoms with E-state index in [4.69, 9.17) is 15.7 Å². The van der Waals surface area contributed by atoms with Crippen LogP contribution in [0.1, 0.15) is 5.56 Å². The van der Waals surface area contributed by atoms with Gasteiger partial charge in [0.1, 0.15) is 17.6 Å². The lowest BCUT2D eigenvalue weighted by atomic mass is 10.2. The largest absolute Gasteiger partial charge is 0.495 e. The molecule has 96 valence electrons. The molecule has 19 heavy (non-hydrogen) atoms. The Morgan fingerprint density at radius 1 is 1.42 bits per heavy atom. The van der Waals surface area contributed by atoms with E-state index in [1.165, 1.54) is 6.20 Å². The molecule has 5 nitrogen and oxygen atoms in total. The lowest BCUT2D eigenvalue weighted by Crippen LogP contribution is -2.00. The summed E-state index contributed by atoms with van der Waals surface area (Å²) in [5.41, 5.74) is 7.14. The average molecular weight is 319 g/mol. The van der Waals surface area contributed by atoms with Gasteiger partial charge in [-0.3, -0.25) is 0 Å². The minimum absolute atomic E-state index is 0.377. The normalized spacial score (nSPS) is 9.74. The number of methoxy groups -OCH3 is 1. The van der Waals surface area contributed by atoms with Gasteiger partial charge in [-0.05, 0) is 24.3 Å². The summed E-state index contributed by atoms with van der Waals surface area (Å²) < 4.78 is 6.14. The standard InChI is InChI=1S/C13H11BrN4O/c1-19-12-3-2-9(14)5-11(12)18-13-8(6-15)4-10(16)7-17-13/h2-5,7H,16H2,1H3,(H,17,18). The summed E-state index contributed by atoms with van der Waals surface area (Å²) in [5.74, 6) is 1.10. The predicted molar refractivity (Wildman–Crippen MR) is 77.3 cm³/mol. The molecule has 0 aliphatic heterocycles. The molecule has 0 unspecified atom stereocenters. The van der Waals surface area contributed by atoms with Gasteiger partial charge < -0.3 is 15.8 Å². The Labute approximate surface area is 119 Å². The van der Waals surface area contributed by atoms with Crippen molar-refractivity contribution in [1.29, 1.82) is 5.26 Å². The number of halogens is 1. The van der Waals surface area contributed by atoms with Gasteiger partial charge in [-0.15, -0.1) is 0 Å². The van der Waals surface area contributed by atoms with Gasteiger partial charge in [0.05, 0.1) is 30.2 Å². The summed E-state index contributed by atoms with van der Waals surface area (Å²) in [6.45, 7) is 0. The lowest BCUT2D eigenvalue weighted by molar-refractivity contribution is 0.416. The van der Waals surface area contributed by atoms with E-state index in [1.54, 1.807) is 13.2 Å². The third-order valence-electron chi connectivity index (χ3n) is 2.44. The number of nitrogens with two attached hydrogens (primary N) is 1. The van der Waals surface area contributed by atoms with Crippen LogP contribution >= 0.6 is 15.9 Å². The predicted octanol–water partition coefficient (Wildman–Crippen LogP) is 3.05. The molecule has 0 bridgehead atoms. The van der Waals surface area contributed by atoms with Crippen LogP contribution in [0.15, 0.2) is 34.9 Å². The topological polar surface area (TPSA) is 84.0 Å². The van der Waals surface area contributed by atoms with E-state index >= 15 is 0 Å². The molecular weight excluding hydrogens is 308 g/mol. The maximum absolute atomic E-state index is 9.08. The lowest BCUT2D eigenvalue weighted by Gasteiger charge is -2.12. The summed E-state index contributed by atoms with van der Waals surface area (Å²) >= 11 is 3.39. The molecule has 0 spiro atoms. The Kier molecular flexibility index (Phi) is 3.88. The first kappa shape index (κ1) is 13.2. The van der Waals surface area contributed by atoms with E-state index in [0.29, 0.717) is 28.5 Å². The Morgan fingerprint density at radius 3 is 2.89 bits per heavy atom. The van der Waals surface area contributed by atoms with Crippen LogP contribution < -0.4 is 15.8 Å². The van der Waals surface area contributed by atoms with E-state index in [9.17, 15) is 0 Å². The number of nitriles is 1. The van der Waals surface area contributed by atoms with Crippen molar-refractivity contribution in [3.63, 3.8) is 0 Å². The Morgan fingerprint density at radius 2 is 2.21 bits per heavy atom. The number of benzene rings is 1. The van der Waals surface area contributed by atoms with E-state index in [2.05, 4.69) is 32.3 Å². The molecule has 0 saturated heterocycles. The van der Waals surface area contributed by atoms with Crippen LogP contribution in [0, 0.1) is 11.3 Å². The molecule has 0 radical (unpaired) electrons. The average Bonchev–Trinajstić information content (AvgIpc) is 2.41. The van der Waals surface area contributed by atoms with Crippen LogP contribution in [-0.4, -0.2) is 12.1 Å². The highest BCUT2D eigenvalue weighted by Gasteiger charge is 2.09. The zero-order chi connectivity index (χ0) is 13.8. The first-order chi connectivity index (χ1) is 9.13. The number of rotatable bonds is 3. The van der Waals surface area contributed by atoms with Crippen molar-refractivity contribution in [3.05, 3.63) is 40.5 Å². The van der Waals surface area contributed by atoms with Crippen LogP contribution in [0.4, 0.5) is 17.2 Å². The van der Waals surface area contributed by atoms with Crippen LogP contribution in [-0.2, 0) is 0 Å². The molecule has 0 saturated carbocycles.